The number of ether oxygens (including phenoxy) is 1. The molecule has 2 aliphatic heterocycles. The van der Waals surface area contributed by atoms with Gasteiger partial charge in [-0.1, -0.05) is 0 Å². The Morgan fingerprint density at radius 1 is 1.04 bits per heavy atom. The van der Waals surface area contributed by atoms with Crippen LogP contribution in [0.3, 0.4) is 0 Å². The molecule has 2 N–H and O–H groups in total. The summed E-state index contributed by atoms with van der Waals surface area (Å²) in [6, 6.07) is 4.13. The summed E-state index contributed by atoms with van der Waals surface area (Å²) in [6.45, 7) is 3.63. The molecule has 3 aliphatic rings. The van der Waals surface area contributed by atoms with Gasteiger partial charge in [-0.25, -0.2) is 0 Å². The van der Waals surface area contributed by atoms with E-state index < -0.39 is 12.2 Å². The average molecular weight is 321 g/mol. The van der Waals surface area contributed by atoms with Gasteiger partial charge in [0, 0.05) is 19.7 Å². The molecule has 5 atom stereocenters. The van der Waals surface area contributed by atoms with Crippen LogP contribution in [-0.2, 0) is 11.3 Å². The predicted octanol–water partition coefficient (Wildman–Crippen LogP) is 2.08. The number of aliphatic hydroxyl groups is 2. The number of likely N-dealkylation sites (tertiary alicyclic amines) is 1. The fourth-order valence-electron chi connectivity index (χ4n) is 4.47. The number of aliphatic hydroxyl groups excluding tert-OH is 2. The van der Waals surface area contributed by atoms with Gasteiger partial charge in [-0.15, -0.1) is 0 Å². The first-order chi connectivity index (χ1) is 11.2. The maximum Gasteiger partial charge on any atom is 0.133 e. The minimum atomic E-state index is -0.546. The first-order valence-electron chi connectivity index (χ1n) is 8.98. The molecule has 1 aliphatic carbocycles. The number of hydrogen-bond acceptors (Lipinski definition) is 5. The van der Waals surface area contributed by atoms with Crippen LogP contribution in [0.4, 0.5) is 0 Å². The lowest BCUT2D eigenvalue weighted by molar-refractivity contribution is -0.0372. The Morgan fingerprint density at radius 2 is 1.78 bits per heavy atom. The summed E-state index contributed by atoms with van der Waals surface area (Å²) in [5.41, 5.74) is 0. The molecular formula is C18H27NO4. The van der Waals surface area contributed by atoms with E-state index in [4.69, 9.17) is 9.15 Å². The largest absolute Gasteiger partial charge is 0.462 e. The van der Waals surface area contributed by atoms with Gasteiger partial charge in [-0.05, 0) is 56.1 Å². The average Bonchev–Trinajstić information content (AvgIpc) is 3.16. The lowest BCUT2D eigenvalue weighted by atomic mass is 9.79. The number of rotatable bonds is 3. The first-order valence-corrected chi connectivity index (χ1v) is 8.98. The maximum absolute atomic E-state index is 9.85. The molecule has 1 saturated carbocycles. The molecule has 1 aromatic rings. The Bertz CT molecular complexity index is 507. The van der Waals surface area contributed by atoms with Crippen molar-refractivity contribution in [1.29, 1.82) is 0 Å². The van der Waals surface area contributed by atoms with Gasteiger partial charge in [0.1, 0.15) is 17.6 Å². The van der Waals surface area contributed by atoms with Crippen molar-refractivity contribution in [2.75, 3.05) is 19.7 Å². The molecule has 0 radical (unpaired) electrons. The van der Waals surface area contributed by atoms with Crippen molar-refractivity contribution in [2.45, 2.75) is 57.0 Å². The highest BCUT2D eigenvalue weighted by Crippen LogP contribution is 2.37. The molecule has 5 heteroatoms. The summed E-state index contributed by atoms with van der Waals surface area (Å²) in [5, 5.41) is 19.7. The van der Waals surface area contributed by atoms with Gasteiger partial charge in [0.15, 0.2) is 0 Å². The predicted molar refractivity (Wildman–Crippen MR) is 84.8 cm³/mol. The number of fused-ring (bicyclic) bond motifs is 1. The molecule has 5 nitrogen and oxygen atoms in total. The molecule has 23 heavy (non-hydrogen) atoms. The Hall–Kier alpha value is -0.880. The fourth-order valence-corrected chi connectivity index (χ4v) is 4.47. The van der Waals surface area contributed by atoms with Gasteiger partial charge in [-0.3, -0.25) is 4.90 Å². The highest BCUT2D eigenvalue weighted by Gasteiger charge is 2.41. The van der Waals surface area contributed by atoms with E-state index in [0.717, 1.165) is 63.4 Å². The monoisotopic (exact) mass is 321 g/mol. The zero-order chi connectivity index (χ0) is 15.8. The van der Waals surface area contributed by atoms with Crippen LogP contribution in [-0.4, -0.2) is 47.0 Å². The van der Waals surface area contributed by atoms with Crippen molar-refractivity contribution < 1.29 is 19.4 Å². The van der Waals surface area contributed by atoms with E-state index in [9.17, 15) is 10.2 Å². The molecule has 0 amide bonds. The van der Waals surface area contributed by atoms with E-state index in [-0.39, 0.29) is 6.10 Å². The third-order valence-corrected chi connectivity index (χ3v) is 5.74. The van der Waals surface area contributed by atoms with Crippen molar-refractivity contribution in [1.82, 2.24) is 4.90 Å². The van der Waals surface area contributed by atoms with Crippen LogP contribution in [0.5, 0.6) is 0 Å². The number of hydrogen-bond donors (Lipinski definition) is 2. The molecule has 128 valence electrons. The standard InChI is InChI=1S/C18H27NO4/c20-15-7-12-9-19(10-13(12)8-16(15)21)11-14-4-5-18(23-14)17-3-1-2-6-22-17/h4-5,12-13,15-17,20-21H,1-3,6-11H2/t12-,13+,15-,16-,17-/m0/s1. The summed E-state index contributed by atoms with van der Waals surface area (Å²) in [6.07, 6.45) is 3.90. The zero-order valence-corrected chi connectivity index (χ0v) is 13.6. The Morgan fingerprint density at radius 3 is 2.43 bits per heavy atom. The second kappa shape index (κ2) is 6.55. The minimum Gasteiger partial charge on any atom is -0.462 e. The summed E-state index contributed by atoms with van der Waals surface area (Å²) in [4.78, 5) is 2.39. The summed E-state index contributed by atoms with van der Waals surface area (Å²) < 4.78 is 11.8. The van der Waals surface area contributed by atoms with Gasteiger partial charge < -0.3 is 19.4 Å². The van der Waals surface area contributed by atoms with Gasteiger partial charge >= 0.3 is 0 Å². The van der Waals surface area contributed by atoms with E-state index in [1.54, 1.807) is 0 Å². The molecule has 0 aromatic carbocycles. The molecule has 0 bridgehead atoms. The van der Waals surface area contributed by atoms with Crippen LogP contribution in [0.25, 0.3) is 0 Å². The summed E-state index contributed by atoms with van der Waals surface area (Å²) in [5.74, 6) is 2.96. The van der Waals surface area contributed by atoms with Gasteiger partial charge in [0.2, 0.25) is 0 Å². The Balaban J connectivity index is 1.35. The third-order valence-electron chi connectivity index (χ3n) is 5.74. The third kappa shape index (κ3) is 3.33. The first kappa shape index (κ1) is 15.6. The van der Waals surface area contributed by atoms with E-state index >= 15 is 0 Å². The summed E-state index contributed by atoms with van der Waals surface area (Å²) >= 11 is 0. The molecule has 3 heterocycles. The maximum atomic E-state index is 9.85. The number of furan rings is 1. The Labute approximate surface area is 137 Å². The lowest BCUT2D eigenvalue weighted by Crippen LogP contribution is -2.38. The smallest absolute Gasteiger partial charge is 0.133 e. The van der Waals surface area contributed by atoms with E-state index in [0.29, 0.717) is 11.8 Å². The normalized spacial score (nSPS) is 38.6. The van der Waals surface area contributed by atoms with Crippen LogP contribution < -0.4 is 0 Å². The minimum absolute atomic E-state index is 0.129. The van der Waals surface area contributed by atoms with Crippen molar-refractivity contribution in [3.8, 4) is 0 Å². The highest BCUT2D eigenvalue weighted by molar-refractivity contribution is 5.10. The second-order valence-corrected chi connectivity index (χ2v) is 7.48. The zero-order valence-electron chi connectivity index (χ0n) is 13.6. The topological polar surface area (TPSA) is 66.1 Å². The molecule has 0 unspecified atom stereocenters. The van der Waals surface area contributed by atoms with Crippen LogP contribution >= 0.6 is 0 Å². The van der Waals surface area contributed by atoms with E-state index in [2.05, 4.69) is 17.0 Å². The second-order valence-electron chi connectivity index (χ2n) is 7.48. The van der Waals surface area contributed by atoms with Gasteiger partial charge in [0.05, 0.1) is 18.8 Å². The molecular weight excluding hydrogens is 294 g/mol. The summed E-state index contributed by atoms with van der Waals surface area (Å²) in [7, 11) is 0. The molecule has 2 saturated heterocycles. The van der Waals surface area contributed by atoms with Crippen molar-refractivity contribution in [3.63, 3.8) is 0 Å². The SMILES string of the molecule is O[C@H]1C[C@@H]2CN(Cc3ccc([C@@H]4CCCCO4)o3)C[C@@H]2C[C@@H]1O. The fraction of sp³-hybridized carbons (Fsp3) is 0.778. The quantitative estimate of drug-likeness (QED) is 0.892. The molecule has 4 rings (SSSR count). The highest BCUT2D eigenvalue weighted by atomic mass is 16.5. The Kier molecular flexibility index (Phi) is 4.46. The van der Waals surface area contributed by atoms with Crippen LogP contribution in [0.15, 0.2) is 16.5 Å². The van der Waals surface area contributed by atoms with Gasteiger partial charge in [-0.2, -0.15) is 0 Å². The molecule has 3 fully saturated rings. The van der Waals surface area contributed by atoms with Gasteiger partial charge in [0.25, 0.3) is 0 Å². The van der Waals surface area contributed by atoms with Crippen molar-refractivity contribution >= 4 is 0 Å². The molecule has 1 aromatic heterocycles. The van der Waals surface area contributed by atoms with Crippen molar-refractivity contribution in [3.05, 3.63) is 23.7 Å². The van der Waals surface area contributed by atoms with Crippen LogP contribution in [0.1, 0.15) is 49.7 Å². The van der Waals surface area contributed by atoms with E-state index in [1.807, 2.05) is 0 Å². The molecule has 0 spiro atoms. The number of nitrogens with zero attached hydrogens (tertiary/aromatic N) is 1. The van der Waals surface area contributed by atoms with Crippen LogP contribution in [0, 0.1) is 11.8 Å². The van der Waals surface area contributed by atoms with Crippen molar-refractivity contribution in [2.24, 2.45) is 11.8 Å². The van der Waals surface area contributed by atoms with Crippen LogP contribution in [0.2, 0.25) is 0 Å². The van der Waals surface area contributed by atoms with E-state index in [1.165, 1.54) is 6.42 Å². The lowest BCUT2D eigenvalue weighted by Gasteiger charge is -2.32.